The minimum absolute atomic E-state index is 0.232. The Morgan fingerprint density at radius 1 is 0.258 bits per heavy atom. The Morgan fingerprint density at radius 2 is 0.516 bits per heavy atom. The first-order valence-corrected chi connectivity index (χ1v) is 21.2. The van der Waals surface area contributed by atoms with Gasteiger partial charge in [0, 0.05) is 27.7 Å². The third kappa shape index (κ3) is 6.03. The lowest BCUT2D eigenvalue weighted by Crippen LogP contribution is -2.26. The fourth-order valence-electron chi connectivity index (χ4n) is 9.78. The highest BCUT2D eigenvalue weighted by Crippen LogP contribution is 2.52. The smallest absolute Gasteiger partial charge is 0.131 e. The molecule has 0 bridgehead atoms. The molecule has 11 aromatic carbocycles. The summed E-state index contributed by atoms with van der Waals surface area (Å²) in [5.41, 5.74) is 9.14. The van der Waals surface area contributed by atoms with E-state index in [4.69, 9.17) is 0 Å². The largest absolute Gasteiger partial charge is 0.507 e. The number of fused-ring (bicyclic) bond motifs is 4. The van der Waals surface area contributed by atoms with Crippen molar-refractivity contribution in [1.29, 1.82) is 0 Å². The first kappa shape index (κ1) is 37.1. The van der Waals surface area contributed by atoms with Gasteiger partial charge in [0.1, 0.15) is 11.5 Å². The van der Waals surface area contributed by atoms with Gasteiger partial charge >= 0.3 is 0 Å². The Hall–Kier alpha value is -7.94. The number of phenolic OH excluding ortho intramolecular Hbond substituents is 2. The first-order chi connectivity index (χ1) is 30.5. The van der Waals surface area contributed by atoms with Crippen LogP contribution < -0.4 is 0 Å². The zero-order valence-electron chi connectivity index (χ0n) is 34.3. The molecule has 0 aromatic heterocycles. The topological polar surface area (TPSA) is 40.5 Å². The van der Waals surface area contributed by atoms with Crippen LogP contribution in [0.5, 0.6) is 11.5 Å². The van der Waals surface area contributed by atoms with Gasteiger partial charge < -0.3 is 10.2 Å². The van der Waals surface area contributed by atoms with Crippen molar-refractivity contribution in [1.82, 2.24) is 0 Å². The number of hydrogen-bond acceptors (Lipinski definition) is 2. The van der Waals surface area contributed by atoms with Crippen LogP contribution in [-0.4, -0.2) is 10.2 Å². The zero-order chi connectivity index (χ0) is 41.8. The third-order valence-corrected chi connectivity index (χ3v) is 13.0. The summed E-state index contributed by atoms with van der Waals surface area (Å²) < 4.78 is 0. The van der Waals surface area contributed by atoms with E-state index in [1.807, 2.05) is 0 Å². The number of rotatable bonds is 7. The Labute approximate surface area is 361 Å². The molecule has 0 fully saturated rings. The summed E-state index contributed by atoms with van der Waals surface area (Å²) >= 11 is 0. The number of aromatic hydroxyl groups is 2. The molecule has 11 aromatic rings. The van der Waals surface area contributed by atoms with Gasteiger partial charge in [-0.05, 0) is 113 Å². The minimum atomic E-state index is -0.806. The van der Waals surface area contributed by atoms with Crippen LogP contribution in [0.15, 0.2) is 224 Å². The molecule has 11 rings (SSSR count). The molecular formula is C60H42O2. The summed E-state index contributed by atoms with van der Waals surface area (Å²) in [7, 11) is 0. The van der Waals surface area contributed by atoms with Crippen LogP contribution in [0.1, 0.15) is 23.6 Å². The number of phenols is 2. The molecule has 2 heteroatoms. The summed E-state index contributed by atoms with van der Waals surface area (Å²) in [6, 6.07) is 78.2. The molecule has 0 spiro atoms. The first-order valence-electron chi connectivity index (χ1n) is 21.2. The van der Waals surface area contributed by atoms with E-state index in [2.05, 4.69) is 231 Å². The van der Waals surface area contributed by atoms with Crippen LogP contribution in [0.4, 0.5) is 0 Å². The molecule has 0 heterocycles. The second-order valence-electron chi connectivity index (χ2n) is 16.4. The molecule has 0 aliphatic heterocycles. The van der Waals surface area contributed by atoms with E-state index < -0.39 is 5.41 Å². The molecular weight excluding hydrogens is 753 g/mol. The van der Waals surface area contributed by atoms with Crippen LogP contribution in [0.25, 0.3) is 87.6 Å². The molecule has 0 radical (unpaired) electrons. The molecule has 62 heavy (non-hydrogen) atoms. The lowest BCUT2D eigenvalue weighted by atomic mass is 9.68. The van der Waals surface area contributed by atoms with Crippen molar-refractivity contribution in [3.63, 3.8) is 0 Å². The maximum absolute atomic E-state index is 12.7. The zero-order valence-corrected chi connectivity index (χ0v) is 34.3. The van der Waals surface area contributed by atoms with E-state index in [1.165, 1.54) is 0 Å². The minimum Gasteiger partial charge on any atom is -0.507 e. The highest BCUT2D eigenvalue weighted by molar-refractivity contribution is 6.05. The van der Waals surface area contributed by atoms with E-state index in [0.717, 1.165) is 104 Å². The van der Waals surface area contributed by atoms with Gasteiger partial charge in [-0.2, -0.15) is 0 Å². The summed E-state index contributed by atoms with van der Waals surface area (Å²) in [5, 5.41) is 34.1. The van der Waals surface area contributed by atoms with Crippen molar-refractivity contribution in [2.24, 2.45) is 0 Å². The van der Waals surface area contributed by atoms with Crippen LogP contribution in [0.3, 0.4) is 0 Å². The van der Waals surface area contributed by atoms with Gasteiger partial charge in [-0.25, -0.2) is 0 Å². The number of hydrogen-bond donors (Lipinski definition) is 2. The van der Waals surface area contributed by atoms with Crippen molar-refractivity contribution in [3.8, 4) is 56.0 Å². The number of benzene rings is 11. The molecule has 2 nitrogen and oxygen atoms in total. The summed E-state index contributed by atoms with van der Waals surface area (Å²) in [6.07, 6.45) is 0. The van der Waals surface area contributed by atoms with Gasteiger partial charge in [0.25, 0.3) is 0 Å². The molecule has 0 saturated heterocycles. The average molecular weight is 795 g/mol. The van der Waals surface area contributed by atoms with Crippen molar-refractivity contribution in [3.05, 3.63) is 241 Å². The lowest BCUT2D eigenvalue weighted by molar-refractivity contribution is 0.478. The van der Waals surface area contributed by atoms with Crippen LogP contribution >= 0.6 is 0 Å². The van der Waals surface area contributed by atoms with Gasteiger partial charge in [-0.1, -0.05) is 200 Å². The van der Waals surface area contributed by atoms with E-state index >= 15 is 0 Å². The second-order valence-corrected chi connectivity index (χ2v) is 16.4. The molecule has 0 aliphatic carbocycles. The Kier molecular flexibility index (Phi) is 8.95. The van der Waals surface area contributed by atoms with E-state index in [9.17, 15) is 10.2 Å². The SMILES string of the molecule is CC(c1ccccc1)(c1cc(-c2cccc3ccccc23)c(O)c(-c2cccc3ccccc23)c1)c1cc(-c2cccc3ccccc23)c(O)c(-c2cccc3ccccc23)c1. The average Bonchev–Trinajstić information content (AvgIpc) is 3.33. The van der Waals surface area contributed by atoms with Gasteiger partial charge in [-0.3, -0.25) is 0 Å². The normalized spacial score (nSPS) is 11.8. The Morgan fingerprint density at radius 3 is 0.823 bits per heavy atom. The van der Waals surface area contributed by atoms with Gasteiger partial charge in [0.2, 0.25) is 0 Å². The van der Waals surface area contributed by atoms with Crippen LogP contribution in [0.2, 0.25) is 0 Å². The quantitative estimate of drug-likeness (QED) is 0.158. The van der Waals surface area contributed by atoms with Crippen molar-refractivity contribution < 1.29 is 10.2 Å². The van der Waals surface area contributed by atoms with E-state index in [0.29, 0.717) is 0 Å². The monoisotopic (exact) mass is 794 g/mol. The standard InChI is InChI=1S/C60H42O2/c1-60(43-25-3-2-4-26-43,44-35-54(50-31-13-21-39-17-5-9-27-46(39)50)58(61)55(36-44)51-32-14-22-40-18-6-10-28-47(40)51)45-37-56(52-33-15-23-41-19-7-11-29-48(41)52)59(62)57(38-45)53-34-16-24-42-20-8-12-30-49(42)53/h2-38,61-62H,1H3. The fourth-order valence-corrected chi connectivity index (χ4v) is 9.78. The summed E-state index contributed by atoms with van der Waals surface area (Å²) in [5.74, 6) is 0.464. The Bertz CT molecular complexity index is 3080. The maximum Gasteiger partial charge on any atom is 0.131 e. The van der Waals surface area contributed by atoms with Gasteiger partial charge in [-0.15, -0.1) is 0 Å². The van der Waals surface area contributed by atoms with Crippen molar-refractivity contribution >= 4 is 43.1 Å². The molecule has 0 unspecified atom stereocenters. The lowest BCUT2D eigenvalue weighted by Gasteiger charge is -2.34. The summed E-state index contributed by atoms with van der Waals surface area (Å²) in [6.45, 7) is 2.29. The molecule has 0 atom stereocenters. The third-order valence-electron chi connectivity index (χ3n) is 13.0. The molecule has 0 aliphatic rings. The summed E-state index contributed by atoms with van der Waals surface area (Å²) in [4.78, 5) is 0. The van der Waals surface area contributed by atoms with E-state index in [1.54, 1.807) is 0 Å². The van der Waals surface area contributed by atoms with Gasteiger partial charge in [0.05, 0.1) is 0 Å². The Balaban J connectivity index is 1.28. The van der Waals surface area contributed by atoms with Crippen LogP contribution in [-0.2, 0) is 5.41 Å². The van der Waals surface area contributed by atoms with Crippen molar-refractivity contribution in [2.75, 3.05) is 0 Å². The highest BCUT2D eigenvalue weighted by Gasteiger charge is 2.35. The molecule has 0 amide bonds. The molecule has 0 saturated carbocycles. The maximum atomic E-state index is 12.7. The molecule has 294 valence electrons. The van der Waals surface area contributed by atoms with Crippen molar-refractivity contribution in [2.45, 2.75) is 12.3 Å². The second kappa shape index (κ2) is 15.0. The van der Waals surface area contributed by atoms with Crippen LogP contribution in [0, 0.1) is 0 Å². The highest BCUT2D eigenvalue weighted by atomic mass is 16.3. The van der Waals surface area contributed by atoms with E-state index in [-0.39, 0.29) is 11.5 Å². The van der Waals surface area contributed by atoms with Gasteiger partial charge in [0.15, 0.2) is 0 Å². The predicted molar refractivity (Wildman–Crippen MR) is 260 cm³/mol. The fraction of sp³-hybridized carbons (Fsp3) is 0.0333. The predicted octanol–water partition coefficient (Wildman–Crippen LogP) is 15.7. The molecule has 2 N–H and O–H groups in total.